The van der Waals surface area contributed by atoms with E-state index in [4.69, 9.17) is 0 Å². The summed E-state index contributed by atoms with van der Waals surface area (Å²) in [6.07, 6.45) is -1.74. The fourth-order valence-electron chi connectivity index (χ4n) is 1.71. The Kier molecular flexibility index (Phi) is 7.64. The summed E-state index contributed by atoms with van der Waals surface area (Å²) in [7, 11) is 1.71. The van der Waals surface area contributed by atoms with Gasteiger partial charge in [-0.25, -0.2) is 4.98 Å². The van der Waals surface area contributed by atoms with Crippen LogP contribution in [0, 0.1) is 0 Å². The minimum atomic E-state index is -4.35. The molecule has 0 saturated heterocycles. The Morgan fingerprint density at radius 1 is 1.30 bits per heavy atom. The molecule has 0 saturated carbocycles. The van der Waals surface area contributed by atoms with E-state index in [9.17, 15) is 13.2 Å². The molecule has 5 nitrogen and oxygen atoms in total. The number of guanidine groups is 1. The lowest BCUT2D eigenvalue weighted by molar-refractivity contribution is -0.137. The number of nitrogens with zero attached hydrogens (tertiary/aromatic N) is 2. The van der Waals surface area contributed by atoms with Crippen LogP contribution in [-0.4, -0.2) is 37.1 Å². The average molecular weight is 331 g/mol. The lowest BCUT2D eigenvalue weighted by atomic mass is 10.3. The molecule has 1 atom stereocenters. The lowest BCUT2D eigenvalue weighted by Gasteiger charge is -2.16. The maximum atomic E-state index is 12.4. The number of anilines is 1. The van der Waals surface area contributed by atoms with Crippen molar-refractivity contribution in [1.29, 1.82) is 0 Å². The number of aromatic nitrogens is 1. The second-order valence-electron chi connectivity index (χ2n) is 5.16. The Morgan fingerprint density at radius 3 is 2.57 bits per heavy atom. The molecule has 0 aliphatic rings. The van der Waals surface area contributed by atoms with Crippen LogP contribution in [0.1, 0.15) is 32.3 Å². The quantitative estimate of drug-likeness (QED) is 0.408. The smallest absolute Gasteiger partial charge is 0.370 e. The first kappa shape index (κ1) is 19.1. The van der Waals surface area contributed by atoms with Crippen LogP contribution in [0.2, 0.25) is 0 Å². The summed E-state index contributed by atoms with van der Waals surface area (Å²) in [6.45, 7) is 5.46. The number of hydrogen-bond donors (Lipinski definition) is 3. The molecule has 0 bridgehead atoms. The number of nitrogens with one attached hydrogen (secondary N) is 3. The first-order valence-corrected chi connectivity index (χ1v) is 7.61. The minimum absolute atomic E-state index is 0.343. The van der Waals surface area contributed by atoms with Gasteiger partial charge in [0.05, 0.1) is 5.56 Å². The molecule has 0 fully saturated rings. The van der Waals surface area contributed by atoms with Gasteiger partial charge in [-0.05, 0) is 31.9 Å². The second kappa shape index (κ2) is 9.22. The van der Waals surface area contributed by atoms with Crippen molar-refractivity contribution in [2.75, 3.05) is 25.5 Å². The van der Waals surface area contributed by atoms with Gasteiger partial charge in [0, 0.05) is 32.4 Å². The number of rotatable bonds is 7. The van der Waals surface area contributed by atoms with Gasteiger partial charge in [-0.3, -0.25) is 4.99 Å². The summed E-state index contributed by atoms with van der Waals surface area (Å²) in [4.78, 5) is 7.88. The largest absolute Gasteiger partial charge is 0.417 e. The van der Waals surface area contributed by atoms with E-state index in [1.54, 1.807) is 7.05 Å². The van der Waals surface area contributed by atoms with Crippen LogP contribution in [-0.2, 0) is 6.18 Å². The van der Waals surface area contributed by atoms with E-state index in [0.29, 0.717) is 24.9 Å². The topological polar surface area (TPSA) is 61.3 Å². The van der Waals surface area contributed by atoms with Crippen molar-refractivity contribution in [2.24, 2.45) is 4.99 Å². The zero-order valence-corrected chi connectivity index (χ0v) is 13.7. The molecule has 3 N–H and O–H groups in total. The first-order chi connectivity index (χ1) is 10.9. The fraction of sp³-hybridized carbons (Fsp3) is 0.600. The number of halogens is 3. The van der Waals surface area contributed by atoms with Gasteiger partial charge in [0.25, 0.3) is 0 Å². The Morgan fingerprint density at radius 2 is 2.04 bits per heavy atom. The van der Waals surface area contributed by atoms with Crippen molar-refractivity contribution in [2.45, 2.75) is 38.9 Å². The molecular formula is C15H24F3N5. The molecular weight excluding hydrogens is 307 g/mol. The lowest BCUT2D eigenvalue weighted by Crippen LogP contribution is -2.42. The minimum Gasteiger partial charge on any atom is -0.370 e. The van der Waals surface area contributed by atoms with Crippen molar-refractivity contribution in [3.05, 3.63) is 23.9 Å². The number of pyridine rings is 1. The number of alkyl halides is 3. The molecule has 1 rings (SSSR count). The molecule has 1 unspecified atom stereocenters. The van der Waals surface area contributed by atoms with E-state index in [1.165, 1.54) is 6.07 Å². The van der Waals surface area contributed by atoms with E-state index >= 15 is 0 Å². The third-order valence-corrected chi connectivity index (χ3v) is 3.26. The molecule has 1 heterocycles. The Hall–Kier alpha value is -1.99. The maximum absolute atomic E-state index is 12.4. The van der Waals surface area contributed by atoms with E-state index < -0.39 is 11.7 Å². The van der Waals surface area contributed by atoms with Gasteiger partial charge in [-0.15, -0.1) is 0 Å². The highest BCUT2D eigenvalue weighted by Crippen LogP contribution is 2.28. The summed E-state index contributed by atoms with van der Waals surface area (Å²) < 4.78 is 37.2. The summed E-state index contributed by atoms with van der Waals surface area (Å²) >= 11 is 0. The van der Waals surface area contributed by atoms with Gasteiger partial charge in [0.1, 0.15) is 5.82 Å². The molecule has 1 aromatic rings. The van der Waals surface area contributed by atoms with Crippen LogP contribution in [0.15, 0.2) is 23.3 Å². The molecule has 23 heavy (non-hydrogen) atoms. The van der Waals surface area contributed by atoms with Gasteiger partial charge in [0.2, 0.25) is 0 Å². The SMILES string of the molecule is CCC(C)NC(=NC)NCCCNc1ccc(C(F)(F)F)cn1. The summed E-state index contributed by atoms with van der Waals surface area (Å²) in [5, 5.41) is 9.41. The summed E-state index contributed by atoms with van der Waals surface area (Å²) in [5.74, 6) is 1.17. The Bertz CT molecular complexity index is 485. The molecule has 1 aromatic heterocycles. The zero-order chi connectivity index (χ0) is 17.3. The van der Waals surface area contributed by atoms with Crippen LogP contribution in [0.25, 0.3) is 0 Å². The van der Waals surface area contributed by atoms with E-state index in [0.717, 1.165) is 31.1 Å². The van der Waals surface area contributed by atoms with Crippen molar-refractivity contribution in [3.8, 4) is 0 Å². The van der Waals surface area contributed by atoms with Gasteiger partial charge in [0.15, 0.2) is 5.96 Å². The molecule has 130 valence electrons. The predicted molar refractivity (Wildman–Crippen MR) is 86.6 cm³/mol. The molecule has 0 spiro atoms. The van der Waals surface area contributed by atoms with Crippen LogP contribution < -0.4 is 16.0 Å². The van der Waals surface area contributed by atoms with Crippen molar-refractivity contribution >= 4 is 11.8 Å². The Labute approximate surface area is 134 Å². The highest BCUT2D eigenvalue weighted by atomic mass is 19.4. The maximum Gasteiger partial charge on any atom is 0.417 e. The van der Waals surface area contributed by atoms with E-state index in [1.807, 2.05) is 0 Å². The van der Waals surface area contributed by atoms with Crippen molar-refractivity contribution < 1.29 is 13.2 Å². The molecule has 0 aromatic carbocycles. The first-order valence-electron chi connectivity index (χ1n) is 7.61. The van der Waals surface area contributed by atoms with Gasteiger partial charge >= 0.3 is 6.18 Å². The number of aliphatic imine (C=N–C) groups is 1. The average Bonchev–Trinajstić information content (AvgIpc) is 2.52. The van der Waals surface area contributed by atoms with E-state index in [-0.39, 0.29) is 0 Å². The summed E-state index contributed by atoms with van der Waals surface area (Å²) in [5.41, 5.74) is -0.746. The standard InChI is InChI=1S/C15H24F3N5/c1-4-11(2)23-14(19-3)21-9-5-8-20-13-7-6-12(10-22-13)15(16,17)18/h6-7,10-11H,4-5,8-9H2,1-3H3,(H,20,22)(H2,19,21,23). The zero-order valence-electron chi connectivity index (χ0n) is 13.7. The van der Waals surface area contributed by atoms with Crippen LogP contribution in [0.3, 0.4) is 0 Å². The highest BCUT2D eigenvalue weighted by Gasteiger charge is 2.30. The van der Waals surface area contributed by atoms with Crippen molar-refractivity contribution in [1.82, 2.24) is 15.6 Å². The van der Waals surface area contributed by atoms with Crippen LogP contribution >= 0.6 is 0 Å². The third-order valence-electron chi connectivity index (χ3n) is 3.26. The van der Waals surface area contributed by atoms with Crippen LogP contribution in [0.5, 0.6) is 0 Å². The predicted octanol–water partition coefficient (Wildman–Crippen LogP) is 2.87. The van der Waals surface area contributed by atoms with Gasteiger partial charge in [-0.2, -0.15) is 13.2 Å². The number of hydrogen-bond acceptors (Lipinski definition) is 3. The molecule has 0 radical (unpaired) electrons. The molecule has 8 heteroatoms. The van der Waals surface area contributed by atoms with Crippen molar-refractivity contribution in [3.63, 3.8) is 0 Å². The monoisotopic (exact) mass is 331 g/mol. The van der Waals surface area contributed by atoms with Gasteiger partial charge in [-0.1, -0.05) is 6.92 Å². The van der Waals surface area contributed by atoms with Crippen LogP contribution in [0.4, 0.5) is 19.0 Å². The normalized spacial score (nSPS) is 13.6. The highest BCUT2D eigenvalue weighted by molar-refractivity contribution is 5.79. The second-order valence-corrected chi connectivity index (χ2v) is 5.16. The Balaban J connectivity index is 2.27. The summed E-state index contributed by atoms with van der Waals surface area (Å²) in [6, 6.07) is 2.70. The molecule has 0 amide bonds. The van der Waals surface area contributed by atoms with Gasteiger partial charge < -0.3 is 16.0 Å². The molecule has 0 aliphatic carbocycles. The molecule has 0 aliphatic heterocycles. The van der Waals surface area contributed by atoms with E-state index in [2.05, 4.69) is 39.8 Å². The fourth-order valence-corrected chi connectivity index (χ4v) is 1.71. The third kappa shape index (κ3) is 7.21.